The molecule has 0 saturated carbocycles. The van der Waals surface area contributed by atoms with Crippen molar-refractivity contribution in [1.82, 2.24) is 0 Å². The lowest BCUT2D eigenvalue weighted by Gasteiger charge is -2.31. The number of hydrogen-bond acceptors (Lipinski definition) is 1. The summed E-state index contributed by atoms with van der Waals surface area (Å²) < 4.78 is 31.1. The predicted octanol–water partition coefficient (Wildman–Crippen LogP) is 3.08. The topological polar surface area (TPSA) is 9.23 Å². The molecule has 0 heterocycles. The van der Waals surface area contributed by atoms with Gasteiger partial charge in [-0.1, -0.05) is 19.9 Å². The van der Waals surface area contributed by atoms with Crippen LogP contribution in [0.3, 0.4) is 0 Å². The molecule has 1 rings (SSSR count). The van der Waals surface area contributed by atoms with Crippen molar-refractivity contribution in [3.63, 3.8) is 0 Å². The van der Waals surface area contributed by atoms with Crippen LogP contribution in [0.25, 0.3) is 0 Å². The first kappa shape index (κ1) is 12.3. The van der Waals surface area contributed by atoms with Gasteiger partial charge < -0.3 is 4.43 Å². The molecule has 0 aliphatic heterocycles. The maximum atomic E-state index is 13.1. The molecule has 0 atom stereocenters. The molecule has 0 bridgehead atoms. The van der Waals surface area contributed by atoms with Crippen molar-refractivity contribution in [3.8, 4) is 0 Å². The van der Waals surface area contributed by atoms with Crippen LogP contribution in [0.1, 0.15) is 32.3 Å². The Hall–Kier alpha value is -0.743. The standard InChI is InChI=1S/C11H13F2OSi/c1-3-11(4-2,14-15)8-5-6-9(12)10(13)7-8/h5-7H,3-4H2,1-2H3. The van der Waals surface area contributed by atoms with Gasteiger partial charge in [-0.15, -0.1) is 0 Å². The van der Waals surface area contributed by atoms with Crippen LogP contribution in [0.15, 0.2) is 18.2 Å². The van der Waals surface area contributed by atoms with Gasteiger partial charge in [-0.05, 0) is 30.5 Å². The Kier molecular flexibility index (Phi) is 3.99. The van der Waals surface area contributed by atoms with Crippen molar-refractivity contribution in [2.75, 3.05) is 0 Å². The van der Waals surface area contributed by atoms with E-state index in [9.17, 15) is 8.78 Å². The van der Waals surface area contributed by atoms with E-state index >= 15 is 0 Å². The van der Waals surface area contributed by atoms with Crippen molar-refractivity contribution in [2.24, 2.45) is 0 Å². The second kappa shape index (κ2) is 4.85. The third-order valence-electron chi connectivity index (χ3n) is 2.78. The molecule has 0 N–H and O–H groups in total. The molecule has 0 unspecified atom stereocenters. The maximum absolute atomic E-state index is 13.1. The fourth-order valence-corrected chi connectivity index (χ4v) is 2.05. The summed E-state index contributed by atoms with van der Waals surface area (Å²) in [6.45, 7) is 3.87. The van der Waals surface area contributed by atoms with E-state index in [-0.39, 0.29) is 0 Å². The molecule has 0 spiro atoms. The number of hydrogen-bond donors (Lipinski definition) is 0. The lowest BCUT2D eigenvalue weighted by atomic mass is 9.88. The molecule has 81 valence electrons. The van der Waals surface area contributed by atoms with Crippen molar-refractivity contribution in [3.05, 3.63) is 35.4 Å². The molecular formula is C11H13F2OSi. The molecule has 0 aliphatic rings. The summed E-state index contributed by atoms with van der Waals surface area (Å²) in [4.78, 5) is 0. The summed E-state index contributed by atoms with van der Waals surface area (Å²) in [5.74, 6) is -1.68. The fourth-order valence-electron chi connectivity index (χ4n) is 1.64. The number of halogens is 2. The van der Waals surface area contributed by atoms with Crippen LogP contribution in [-0.4, -0.2) is 10.5 Å². The zero-order chi connectivity index (χ0) is 11.5. The monoisotopic (exact) mass is 227 g/mol. The van der Waals surface area contributed by atoms with E-state index in [0.717, 1.165) is 6.07 Å². The summed E-state index contributed by atoms with van der Waals surface area (Å²) in [5.41, 5.74) is 0.0483. The average Bonchev–Trinajstić information content (AvgIpc) is 2.26. The Morgan fingerprint density at radius 2 is 1.80 bits per heavy atom. The maximum Gasteiger partial charge on any atom is 0.247 e. The molecule has 1 aromatic rings. The van der Waals surface area contributed by atoms with Crippen molar-refractivity contribution in [1.29, 1.82) is 0 Å². The van der Waals surface area contributed by atoms with E-state index < -0.39 is 17.2 Å². The van der Waals surface area contributed by atoms with Gasteiger partial charge >= 0.3 is 0 Å². The highest BCUT2D eigenvalue weighted by atomic mass is 28.2. The SMILES string of the molecule is CCC(CC)(O[Si])c1ccc(F)c(F)c1. The molecule has 3 radical (unpaired) electrons. The van der Waals surface area contributed by atoms with E-state index in [0.29, 0.717) is 18.4 Å². The second-order valence-corrected chi connectivity index (χ2v) is 3.64. The van der Waals surface area contributed by atoms with Crippen LogP contribution in [0.4, 0.5) is 8.78 Å². The minimum absolute atomic E-state index is 0.592. The Labute approximate surface area is 92.0 Å². The lowest BCUT2D eigenvalue weighted by Crippen LogP contribution is -2.27. The average molecular weight is 227 g/mol. The van der Waals surface area contributed by atoms with Crippen LogP contribution in [0, 0.1) is 11.6 Å². The van der Waals surface area contributed by atoms with Gasteiger partial charge in [0.25, 0.3) is 0 Å². The van der Waals surface area contributed by atoms with E-state index in [2.05, 4.69) is 10.5 Å². The first-order valence-electron chi connectivity index (χ1n) is 4.90. The van der Waals surface area contributed by atoms with Crippen LogP contribution in [0.5, 0.6) is 0 Å². The summed E-state index contributed by atoms with van der Waals surface area (Å²) >= 11 is 0. The molecular weight excluding hydrogens is 214 g/mol. The predicted molar refractivity (Wildman–Crippen MR) is 55.5 cm³/mol. The molecule has 4 heteroatoms. The Balaban J connectivity index is 3.17. The Bertz CT molecular complexity index is 329. The van der Waals surface area contributed by atoms with E-state index in [1.54, 1.807) is 6.07 Å². The quantitative estimate of drug-likeness (QED) is 0.718. The van der Waals surface area contributed by atoms with Crippen LogP contribution in [0.2, 0.25) is 0 Å². The second-order valence-electron chi connectivity index (χ2n) is 3.43. The van der Waals surface area contributed by atoms with Crippen molar-refractivity contribution in [2.45, 2.75) is 32.3 Å². The van der Waals surface area contributed by atoms with Crippen molar-refractivity contribution < 1.29 is 13.2 Å². The molecule has 0 fully saturated rings. The van der Waals surface area contributed by atoms with Gasteiger partial charge in [0.1, 0.15) is 0 Å². The summed E-state index contributed by atoms with van der Waals surface area (Å²) in [6.07, 6.45) is 1.36. The van der Waals surface area contributed by atoms with Crippen LogP contribution < -0.4 is 0 Å². The number of rotatable bonds is 4. The zero-order valence-corrected chi connectivity index (χ0v) is 9.81. The molecule has 15 heavy (non-hydrogen) atoms. The highest BCUT2D eigenvalue weighted by Gasteiger charge is 2.28. The number of benzene rings is 1. The minimum Gasteiger partial charge on any atom is -0.409 e. The van der Waals surface area contributed by atoms with E-state index in [4.69, 9.17) is 4.43 Å². The summed E-state index contributed by atoms with van der Waals surface area (Å²) in [5, 5.41) is 0. The summed E-state index contributed by atoms with van der Waals surface area (Å²) in [6, 6.07) is 3.85. The van der Waals surface area contributed by atoms with Crippen LogP contribution in [-0.2, 0) is 10.0 Å². The van der Waals surface area contributed by atoms with Crippen LogP contribution >= 0.6 is 0 Å². The molecule has 0 saturated heterocycles. The van der Waals surface area contributed by atoms with E-state index in [1.165, 1.54) is 6.07 Å². The third kappa shape index (κ3) is 2.26. The molecule has 1 nitrogen and oxygen atoms in total. The highest BCUT2D eigenvalue weighted by molar-refractivity contribution is 5.98. The van der Waals surface area contributed by atoms with Crippen molar-refractivity contribution >= 4 is 10.5 Å². The largest absolute Gasteiger partial charge is 0.409 e. The smallest absolute Gasteiger partial charge is 0.247 e. The van der Waals surface area contributed by atoms with E-state index in [1.807, 2.05) is 13.8 Å². The van der Waals surface area contributed by atoms with Gasteiger partial charge in [0.15, 0.2) is 11.6 Å². The highest BCUT2D eigenvalue weighted by Crippen LogP contribution is 2.32. The van der Waals surface area contributed by atoms with Gasteiger partial charge in [-0.25, -0.2) is 8.78 Å². The minimum atomic E-state index is -0.845. The van der Waals surface area contributed by atoms with Gasteiger partial charge in [-0.2, -0.15) is 0 Å². The van der Waals surface area contributed by atoms with Gasteiger partial charge in [0, 0.05) is 0 Å². The molecule has 1 aromatic carbocycles. The van der Waals surface area contributed by atoms with Gasteiger partial charge in [-0.3, -0.25) is 0 Å². The molecule has 0 aliphatic carbocycles. The van der Waals surface area contributed by atoms with Gasteiger partial charge in [0.2, 0.25) is 10.5 Å². The Morgan fingerprint density at radius 1 is 1.20 bits per heavy atom. The lowest BCUT2D eigenvalue weighted by molar-refractivity contribution is 0.0680. The first-order chi connectivity index (χ1) is 7.09. The Morgan fingerprint density at radius 3 is 2.20 bits per heavy atom. The molecule has 0 aromatic heterocycles. The molecule has 0 amide bonds. The third-order valence-corrected chi connectivity index (χ3v) is 3.17. The summed E-state index contributed by atoms with van der Waals surface area (Å²) in [7, 11) is 3.01. The normalized spacial score (nSPS) is 11.8. The fraction of sp³-hybridized carbons (Fsp3) is 0.455. The zero-order valence-electron chi connectivity index (χ0n) is 8.81. The first-order valence-corrected chi connectivity index (χ1v) is 5.30. The van der Waals surface area contributed by atoms with Gasteiger partial charge in [0.05, 0.1) is 5.60 Å².